The minimum atomic E-state index is 0.0793. The number of allylic oxidation sites excluding steroid dienone is 2. The van der Waals surface area contributed by atoms with Gasteiger partial charge in [-0.3, -0.25) is 4.79 Å². The second kappa shape index (κ2) is 3.41. The van der Waals surface area contributed by atoms with Crippen LogP contribution in [0.5, 0.6) is 0 Å². The number of carbonyl (C=O) groups is 1. The van der Waals surface area contributed by atoms with Crippen molar-refractivity contribution in [2.45, 2.75) is 26.2 Å². The predicted molar refractivity (Wildman–Crippen MR) is 57.4 cm³/mol. The Kier molecular flexibility index (Phi) is 2.24. The Bertz CT molecular complexity index is 402. The zero-order chi connectivity index (χ0) is 10.1. The van der Waals surface area contributed by atoms with Gasteiger partial charge in [-0.1, -0.05) is 29.8 Å². The molecule has 2 rings (SSSR count). The van der Waals surface area contributed by atoms with E-state index in [0.29, 0.717) is 0 Å². The Morgan fingerprint density at radius 3 is 2.64 bits per heavy atom. The molecule has 0 bridgehead atoms. The molecular formula is C13H14O. The van der Waals surface area contributed by atoms with Crippen LogP contribution in [0.1, 0.15) is 29.0 Å². The molecule has 0 aliphatic heterocycles. The van der Waals surface area contributed by atoms with E-state index in [1.807, 2.05) is 6.08 Å². The summed E-state index contributed by atoms with van der Waals surface area (Å²) in [6.45, 7) is 4.15. The Balaban J connectivity index is 2.37. The fraction of sp³-hybridized carbons (Fsp3) is 0.308. The minimum absolute atomic E-state index is 0.0793. The van der Waals surface area contributed by atoms with Gasteiger partial charge in [0, 0.05) is 0 Å². The van der Waals surface area contributed by atoms with E-state index < -0.39 is 0 Å². The summed E-state index contributed by atoms with van der Waals surface area (Å²) >= 11 is 0. The van der Waals surface area contributed by atoms with Crippen LogP contribution in [-0.4, -0.2) is 5.78 Å². The van der Waals surface area contributed by atoms with Crippen molar-refractivity contribution in [3.63, 3.8) is 0 Å². The van der Waals surface area contributed by atoms with E-state index in [4.69, 9.17) is 0 Å². The number of hydrogen-bond donors (Lipinski definition) is 0. The van der Waals surface area contributed by atoms with E-state index in [1.165, 1.54) is 16.7 Å². The van der Waals surface area contributed by atoms with Crippen LogP contribution in [-0.2, 0) is 4.79 Å². The number of ketones is 1. The second-order valence-electron chi connectivity index (χ2n) is 3.95. The maximum absolute atomic E-state index is 11.5. The van der Waals surface area contributed by atoms with Gasteiger partial charge in [-0.15, -0.1) is 0 Å². The summed E-state index contributed by atoms with van der Waals surface area (Å²) in [6.07, 6.45) is 4.53. The highest BCUT2D eigenvalue weighted by Gasteiger charge is 2.22. The largest absolute Gasteiger partial charge is 0.294 e. The van der Waals surface area contributed by atoms with Crippen molar-refractivity contribution in [3.8, 4) is 0 Å². The first-order valence-electron chi connectivity index (χ1n) is 4.96. The van der Waals surface area contributed by atoms with Gasteiger partial charge in [0.25, 0.3) is 0 Å². The molecule has 1 unspecified atom stereocenters. The Morgan fingerprint density at radius 2 is 2.07 bits per heavy atom. The molecule has 72 valence electrons. The zero-order valence-corrected chi connectivity index (χ0v) is 8.58. The van der Waals surface area contributed by atoms with Crippen LogP contribution in [0, 0.1) is 13.8 Å². The molecular weight excluding hydrogens is 172 g/mol. The van der Waals surface area contributed by atoms with Gasteiger partial charge in [0.1, 0.15) is 0 Å². The molecule has 1 nitrogen and oxygen atoms in total. The monoisotopic (exact) mass is 186 g/mol. The lowest BCUT2D eigenvalue weighted by atomic mass is 9.91. The van der Waals surface area contributed by atoms with Crippen molar-refractivity contribution in [2.24, 2.45) is 0 Å². The van der Waals surface area contributed by atoms with Gasteiger partial charge in [-0.05, 0) is 37.5 Å². The molecule has 0 radical (unpaired) electrons. The third kappa shape index (κ3) is 1.50. The molecule has 0 fully saturated rings. The van der Waals surface area contributed by atoms with Crippen molar-refractivity contribution in [3.05, 3.63) is 47.0 Å². The molecule has 0 aromatic heterocycles. The number of carbonyl (C=O) groups excluding carboxylic acids is 1. The first kappa shape index (κ1) is 9.20. The summed E-state index contributed by atoms with van der Waals surface area (Å²) in [4.78, 5) is 11.5. The summed E-state index contributed by atoms with van der Waals surface area (Å²) < 4.78 is 0. The topological polar surface area (TPSA) is 17.1 Å². The fourth-order valence-electron chi connectivity index (χ4n) is 2.05. The second-order valence-corrected chi connectivity index (χ2v) is 3.95. The van der Waals surface area contributed by atoms with E-state index >= 15 is 0 Å². The number of aryl methyl sites for hydroxylation is 2. The van der Waals surface area contributed by atoms with Crippen LogP contribution in [0.25, 0.3) is 0 Å². The van der Waals surface area contributed by atoms with Crippen LogP contribution < -0.4 is 0 Å². The average molecular weight is 186 g/mol. The van der Waals surface area contributed by atoms with E-state index in [0.717, 1.165) is 6.42 Å². The summed E-state index contributed by atoms with van der Waals surface area (Å²) in [6, 6.07) is 6.30. The molecule has 1 heteroatoms. The standard InChI is InChI=1S/C13H14O/c1-9-6-7-11(10(2)8-9)12-4-3-5-13(12)14/h3,5-8,12H,4H2,1-2H3. The van der Waals surface area contributed by atoms with Crippen LogP contribution in [0.2, 0.25) is 0 Å². The molecule has 0 heterocycles. The Morgan fingerprint density at radius 1 is 1.29 bits per heavy atom. The van der Waals surface area contributed by atoms with Gasteiger partial charge < -0.3 is 0 Å². The normalized spacial score (nSPS) is 20.4. The lowest BCUT2D eigenvalue weighted by molar-refractivity contribution is -0.115. The van der Waals surface area contributed by atoms with Gasteiger partial charge in [-0.2, -0.15) is 0 Å². The SMILES string of the molecule is Cc1ccc(C2CC=CC2=O)c(C)c1. The van der Waals surface area contributed by atoms with Crippen molar-refractivity contribution >= 4 is 5.78 Å². The summed E-state index contributed by atoms with van der Waals surface area (Å²) in [5.41, 5.74) is 3.67. The Labute approximate surface area is 84.5 Å². The van der Waals surface area contributed by atoms with Crippen LogP contribution in [0.15, 0.2) is 30.4 Å². The molecule has 0 spiro atoms. The highest BCUT2D eigenvalue weighted by molar-refractivity contribution is 5.98. The highest BCUT2D eigenvalue weighted by Crippen LogP contribution is 2.29. The maximum atomic E-state index is 11.5. The number of rotatable bonds is 1. The third-order valence-corrected chi connectivity index (χ3v) is 2.80. The van der Waals surface area contributed by atoms with E-state index in [2.05, 4.69) is 32.0 Å². The predicted octanol–water partition coefficient (Wildman–Crippen LogP) is 2.92. The summed E-state index contributed by atoms with van der Waals surface area (Å²) in [5.74, 6) is 0.326. The van der Waals surface area contributed by atoms with Gasteiger partial charge in [-0.25, -0.2) is 0 Å². The molecule has 0 N–H and O–H groups in total. The summed E-state index contributed by atoms with van der Waals surface area (Å²) in [7, 11) is 0. The smallest absolute Gasteiger partial charge is 0.163 e. The molecule has 1 atom stereocenters. The molecule has 1 aromatic carbocycles. The van der Waals surface area contributed by atoms with Crippen molar-refractivity contribution in [1.82, 2.24) is 0 Å². The Hall–Kier alpha value is -1.37. The number of hydrogen-bond acceptors (Lipinski definition) is 1. The molecule has 0 amide bonds. The van der Waals surface area contributed by atoms with Crippen molar-refractivity contribution in [1.29, 1.82) is 0 Å². The highest BCUT2D eigenvalue weighted by atomic mass is 16.1. The third-order valence-electron chi connectivity index (χ3n) is 2.80. The average Bonchev–Trinajstić information content (AvgIpc) is 2.52. The molecule has 14 heavy (non-hydrogen) atoms. The van der Waals surface area contributed by atoms with E-state index in [-0.39, 0.29) is 11.7 Å². The lowest BCUT2D eigenvalue weighted by Crippen LogP contribution is -2.06. The molecule has 1 aromatic rings. The molecule has 1 aliphatic carbocycles. The minimum Gasteiger partial charge on any atom is -0.294 e. The first-order chi connectivity index (χ1) is 6.68. The van der Waals surface area contributed by atoms with E-state index in [1.54, 1.807) is 6.08 Å². The maximum Gasteiger partial charge on any atom is 0.163 e. The van der Waals surface area contributed by atoms with E-state index in [9.17, 15) is 4.79 Å². The van der Waals surface area contributed by atoms with Crippen LogP contribution in [0.3, 0.4) is 0 Å². The molecule has 0 saturated carbocycles. The van der Waals surface area contributed by atoms with Crippen LogP contribution >= 0.6 is 0 Å². The zero-order valence-electron chi connectivity index (χ0n) is 8.58. The summed E-state index contributed by atoms with van der Waals surface area (Å²) in [5, 5.41) is 0. The van der Waals surface area contributed by atoms with Gasteiger partial charge in [0.15, 0.2) is 5.78 Å². The van der Waals surface area contributed by atoms with Crippen molar-refractivity contribution in [2.75, 3.05) is 0 Å². The van der Waals surface area contributed by atoms with Gasteiger partial charge in [0.05, 0.1) is 5.92 Å². The van der Waals surface area contributed by atoms with Crippen LogP contribution in [0.4, 0.5) is 0 Å². The van der Waals surface area contributed by atoms with Gasteiger partial charge >= 0.3 is 0 Å². The fourth-order valence-corrected chi connectivity index (χ4v) is 2.05. The first-order valence-corrected chi connectivity index (χ1v) is 4.96. The lowest BCUT2D eigenvalue weighted by Gasteiger charge is -2.12. The molecule has 1 aliphatic rings. The quantitative estimate of drug-likeness (QED) is 0.659. The van der Waals surface area contributed by atoms with Gasteiger partial charge in [0.2, 0.25) is 0 Å². The number of benzene rings is 1. The van der Waals surface area contributed by atoms with Crippen molar-refractivity contribution < 1.29 is 4.79 Å². The molecule has 0 saturated heterocycles.